The Balaban J connectivity index is 1.95. The maximum atomic E-state index is 13.2. The smallest absolute Gasteiger partial charge is 0.295 e. The highest BCUT2D eigenvalue weighted by molar-refractivity contribution is 6.46. The lowest BCUT2D eigenvalue weighted by atomic mass is 9.95. The predicted molar refractivity (Wildman–Crippen MR) is 144 cm³/mol. The van der Waals surface area contributed by atoms with E-state index in [1.165, 1.54) is 0 Å². The Hall–Kier alpha value is -3.32. The molecule has 1 unspecified atom stereocenters. The molecule has 2 aromatic carbocycles. The van der Waals surface area contributed by atoms with Gasteiger partial charge in [-0.05, 0) is 75.4 Å². The van der Waals surface area contributed by atoms with Crippen molar-refractivity contribution in [2.45, 2.75) is 38.6 Å². The van der Waals surface area contributed by atoms with Crippen molar-refractivity contribution in [1.82, 2.24) is 9.80 Å². The summed E-state index contributed by atoms with van der Waals surface area (Å²) in [5, 5.41) is 11.3. The van der Waals surface area contributed by atoms with E-state index >= 15 is 0 Å². The molecule has 0 bridgehead atoms. The van der Waals surface area contributed by atoms with E-state index in [4.69, 9.17) is 4.74 Å². The molecule has 1 aliphatic heterocycles. The first kappa shape index (κ1) is 27.3. The number of carbonyl (C=O) groups excluding carboxylic acids is 2. The molecule has 7 nitrogen and oxygen atoms in total. The van der Waals surface area contributed by atoms with Crippen molar-refractivity contribution >= 4 is 23.1 Å². The average Bonchev–Trinajstić information content (AvgIpc) is 3.11. The topological polar surface area (TPSA) is 73.3 Å². The van der Waals surface area contributed by atoms with Gasteiger partial charge < -0.3 is 24.5 Å². The Bertz CT molecular complexity index is 1060. The Labute approximate surface area is 215 Å². The van der Waals surface area contributed by atoms with Gasteiger partial charge in [-0.3, -0.25) is 9.59 Å². The van der Waals surface area contributed by atoms with Gasteiger partial charge >= 0.3 is 0 Å². The van der Waals surface area contributed by atoms with Crippen LogP contribution in [0.25, 0.3) is 5.76 Å². The third-order valence-electron chi connectivity index (χ3n) is 6.41. The summed E-state index contributed by atoms with van der Waals surface area (Å²) in [5.41, 5.74) is 2.41. The van der Waals surface area contributed by atoms with E-state index in [0.29, 0.717) is 24.5 Å². The van der Waals surface area contributed by atoms with E-state index in [2.05, 4.69) is 6.92 Å². The van der Waals surface area contributed by atoms with Gasteiger partial charge in [0.15, 0.2) is 0 Å². The van der Waals surface area contributed by atoms with Crippen LogP contribution in [0.3, 0.4) is 0 Å². The number of hydrogen-bond donors (Lipinski definition) is 1. The van der Waals surface area contributed by atoms with Crippen LogP contribution < -0.4 is 9.64 Å². The molecule has 1 atom stereocenters. The largest absolute Gasteiger partial charge is 0.507 e. The normalized spacial score (nSPS) is 17.2. The Morgan fingerprint density at radius 3 is 2.19 bits per heavy atom. The molecule has 1 fully saturated rings. The molecule has 0 saturated carbocycles. The van der Waals surface area contributed by atoms with Gasteiger partial charge in [-0.2, -0.15) is 0 Å². The Kier molecular flexibility index (Phi) is 9.53. The molecule has 194 valence electrons. The van der Waals surface area contributed by atoms with Crippen molar-refractivity contribution in [1.29, 1.82) is 0 Å². The number of aliphatic hydroxyl groups is 1. The van der Waals surface area contributed by atoms with Gasteiger partial charge in [0.05, 0.1) is 18.2 Å². The first-order chi connectivity index (χ1) is 17.2. The molecule has 0 aliphatic carbocycles. The highest BCUT2D eigenvalue weighted by Gasteiger charge is 2.45. The minimum Gasteiger partial charge on any atom is -0.507 e. The number of benzene rings is 2. The number of amides is 1. The van der Waals surface area contributed by atoms with Crippen molar-refractivity contribution in [3.63, 3.8) is 0 Å². The molecule has 7 heteroatoms. The summed E-state index contributed by atoms with van der Waals surface area (Å²) in [7, 11) is 7.87. The summed E-state index contributed by atoms with van der Waals surface area (Å²) in [4.78, 5) is 31.9. The first-order valence-corrected chi connectivity index (χ1v) is 12.7. The second-order valence-corrected chi connectivity index (χ2v) is 9.72. The van der Waals surface area contributed by atoms with Crippen molar-refractivity contribution in [2.24, 2.45) is 0 Å². The van der Waals surface area contributed by atoms with Crippen LogP contribution in [0.4, 0.5) is 5.69 Å². The SMILES string of the molecule is CCCCCOc1ccc(/C(O)=C2/C(=O)C(=O)N(CCCN(C)C)C2c2ccc(N(C)C)cc2)cc1. The fourth-order valence-corrected chi connectivity index (χ4v) is 4.38. The molecule has 2 aromatic rings. The van der Waals surface area contributed by atoms with Crippen molar-refractivity contribution < 1.29 is 19.4 Å². The van der Waals surface area contributed by atoms with Crippen molar-refractivity contribution in [2.75, 3.05) is 52.8 Å². The second-order valence-electron chi connectivity index (χ2n) is 9.72. The van der Waals surface area contributed by atoms with Crippen LogP contribution in [0.15, 0.2) is 54.1 Å². The van der Waals surface area contributed by atoms with E-state index < -0.39 is 17.7 Å². The van der Waals surface area contributed by atoms with Crippen LogP contribution in [0.1, 0.15) is 49.8 Å². The standard InChI is InChI=1S/C29H39N3O4/c1-6-7-8-20-36-24-16-12-22(13-17-24)27(33)25-26(21-10-14-23(15-11-21)31(4)5)32(29(35)28(25)34)19-9-18-30(2)3/h10-17,26,33H,6-9,18-20H2,1-5H3/b27-25-. The maximum Gasteiger partial charge on any atom is 0.295 e. The average molecular weight is 494 g/mol. The zero-order valence-electron chi connectivity index (χ0n) is 22.2. The number of anilines is 1. The monoisotopic (exact) mass is 493 g/mol. The van der Waals surface area contributed by atoms with Crippen LogP contribution in [0.5, 0.6) is 5.75 Å². The fourth-order valence-electron chi connectivity index (χ4n) is 4.38. The van der Waals surface area contributed by atoms with Crippen molar-refractivity contribution in [3.05, 3.63) is 65.2 Å². The van der Waals surface area contributed by atoms with Gasteiger partial charge in [-0.15, -0.1) is 0 Å². The highest BCUT2D eigenvalue weighted by atomic mass is 16.5. The number of aliphatic hydroxyl groups excluding tert-OH is 1. The number of likely N-dealkylation sites (tertiary alicyclic amines) is 1. The van der Waals surface area contributed by atoms with Crippen LogP contribution >= 0.6 is 0 Å². The zero-order valence-corrected chi connectivity index (χ0v) is 22.2. The summed E-state index contributed by atoms with van der Waals surface area (Å²) in [6, 6.07) is 14.2. The number of hydrogen-bond acceptors (Lipinski definition) is 6. The molecule has 1 amide bonds. The highest BCUT2D eigenvalue weighted by Crippen LogP contribution is 2.40. The van der Waals surface area contributed by atoms with Gasteiger partial charge in [0, 0.05) is 31.9 Å². The maximum absolute atomic E-state index is 13.2. The Morgan fingerprint density at radius 2 is 1.61 bits per heavy atom. The zero-order chi connectivity index (χ0) is 26.2. The van der Waals surface area contributed by atoms with E-state index in [1.807, 2.05) is 62.3 Å². The molecular formula is C29H39N3O4. The molecular weight excluding hydrogens is 454 g/mol. The molecule has 0 radical (unpaired) electrons. The molecule has 36 heavy (non-hydrogen) atoms. The number of ether oxygens (including phenoxy) is 1. The van der Waals surface area contributed by atoms with Crippen LogP contribution in [0.2, 0.25) is 0 Å². The molecule has 0 spiro atoms. The number of ketones is 1. The van der Waals surface area contributed by atoms with Gasteiger partial charge in [-0.25, -0.2) is 0 Å². The molecule has 3 rings (SSSR count). The summed E-state index contributed by atoms with van der Waals surface area (Å²) in [6.45, 7) is 3.99. The number of carbonyl (C=O) groups is 2. The third kappa shape index (κ3) is 6.46. The molecule has 0 aromatic heterocycles. The molecule has 1 aliphatic rings. The number of rotatable bonds is 12. The second kappa shape index (κ2) is 12.6. The van der Waals surface area contributed by atoms with Crippen LogP contribution in [0, 0.1) is 0 Å². The van der Waals surface area contributed by atoms with E-state index in [9.17, 15) is 14.7 Å². The Morgan fingerprint density at radius 1 is 0.944 bits per heavy atom. The summed E-state index contributed by atoms with van der Waals surface area (Å²) < 4.78 is 5.77. The minimum atomic E-state index is -0.654. The van der Waals surface area contributed by atoms with E-state index in [1.54, 1.807) is 29.2 Å². The number of unbranched alkanes of at least 4 members (excludes halogenated alkanes) is 2. The molecule has 1 N–H and O–H groups in total. The van der Waals surface area contributed by atoms with Crippen LogP contribution in [-0.2, 0) is 9.59 Å². The number of nitrogens with zero attached hydrogens (tertiary/aromatic N) is 3. The minimum absolute atomic E-state index is 0.124. The summed E-state index contributed by atoms with van der Waals surface area (Å²) >= 11 is 0. The van der Waals surface area contributed by atoms with Crippen LogP contribution in [-0.4, -0.2) is 74.5 Å². The van der Waals surface area contributed by atoms with Gasteiger partial charge in [0.2, 0.25) is 0 Å². The van der Waals surface area contributed by atoms with Gasteiger partial charge in [-0.1, -0.05) is 31.9 Å². The lowest BCUT2D eigenvalue weighted by molar-refractivity contribution is -0.139. The fraction of sp³-hybridized carbons (Fsp3) is 0.448. The number of Topliss-reactive ketones (excluding diaryl/α,β-unsaturated/α-hetero) is 1. The van der Waals surface area contributed by atoms with E-state index in [-0.39, 0.29) is 11.3 Å². The predicted octanol–water partition coefficient (Wildman–Crippen LogP) is 4.70. The lowest BCUT2D eigenvalue weighted by Gasteiger charge is -2.26. The van der Waals surface area contributed by atoms with E-state index in [0.717, 1.165) is 43.5 Å². The lowest BCUT2D eigenvalue weighted by Crippen LogP contribution is -2.32. The third-order valence-corrected chi connectivity index (χ3v) is 6.41. The molecule has 1 heterocycles. The summed E-state index contributed by atoms with van der Waals surface area (Å²) in [5.74, 6) is -0.683. The van der Waals surface area contributed by atoms with Gasteiger partial charge in [0.25, 0.3) is 11.7 Å². The quantitative estimate of drug-likeness (QED) is 0.200. The summed E-state index contributed by atoms with van der Waals surface area (Å²) in [6.07, 6.45) is 3.95. The first-order valence-electron chi connectivity index (χ1n) is 12.7. The van der Waals surface area contributed by atoms with Crippen molar-refractivity contribution in [3.8, 4) is 5.75 Å². The molecule has 1 saturated heterocycles. The van der Waals surface area contributed by atoms with Gasteiger partial charge in [0.1, 0.15) is 11.5 Å².